The van der Waals surface area contributed by atoms with E-state index in [-0.39, 0.29) is 10.6 Å². The van der Waals surface area contributed by atoms with Gasteiger partial charge in [0.2, 0.25) is 0 Å². The minimum absolute atomic E-state index is 0.0807. The summed E-state index contributed by atoms with van der Waals surface area (Å²) in [6.45, 7) is 0.939. The molecule has 4 nitrogen and oxygen atoms in total. The fraction of sp³-hybridized carbons (Fsp3) is 0.0952. The topological polar surface area (TPSA) is 58.6 Å². The number of carboxylic acid groups (broad SMARTS) is 1. The molecule has 3 aromatic rings. The van der Waals surface area contributed by atoms with Crippen molar-refractivity contribution in [3.63, 3.8) is 0 Å². The molecule has 6 heteroatoms. The van der Waals surface area contributed by atoms with Crippen molar-refractivity contribution in [2.45, 2.75) is 13.2 Å². The largest absolute Gasteiger partial charge is 0.489 e. The van der Waals surface area contributed by atoms with E-state index in [0.717, 1.165) is 22.6 Å². The highest BCUT2D eigenvalue weighted by Gasteiger charge is 2.09. The molecule has 0 aliphatic carbocycles. The Morgan fingerprint density at radius 2 is 1.78 bits per heavy atom. The summed E-state index contributed by atoms with van der Waals surface area (Å²) in [5.74, 6) is -0.302. The molecule has 3 aromatic carbocycles. The highest BCUT2D eigenvalue weighted by atomic mass is 35.5. The molecule has 0 heterocycles. The lowest BCUT2D eigenvalue weighted by molar-refractivity contribution is 0.0697. The molecule has 0 aliphatic rings. The lowest BCUT2D eigenvalue weighted by atomic mass is 10.2. The summed E-state index contributed by atoms with van der Waals surface area (Å²) in [5, 5.41) is 13.1. The van der Waals surface area contributed by atoms with Gasteiger partial charge in [-0.15, -0.1) is 0 Å². The van der Waals surface area contributed by atoms with Gasteiger partial charge in [-0.3, -0.25) is 0 Å². The molecule has 0 spiro atoms. The van der Waals surface area contributed by atoms with Gasteiger partial charge < -0.3 is 15.2 Å². The van der Waals surface area contributed by atoms with Crippen molar-refractivity contribution in [1.82, 2.24) is 0 Å². The minimum Gasteiger partial charge on any atom is -0.489 e. The van der Waals surface area contributed by atoms with Crippen molar-refractivity contribution >= 4 is 34.9 Å². The third-order valence-corrected chi connectivity index (χ3v) is 4.63. The lowest BCUT2D eigenvalue weighted by Crippen LogP contribution is -2.02. The van der Waals surface area contributed by atoms with Crippen LogP contribution in [0.1, 0.15) is 21.5 Å². The van der Waals surface area contributed by atoms with E-state index in [1.54, 1.807) is 12.1 Å². The molecule has 138 valence electrons. The highest BCUT2D eigenvalue weighted by Crippen LogP contribution is 2.23. The van der Waals surface area contributed by atoms with Crippen LogP contribution in [0, 0.1) is 0 Å². The molecule has 0 atom stereocenters. The number of anilines is 1. The lowest BCUT2D eigenvalue weighted by Gasteiger charge is -2.11. The standard InChI is InChI=1S/C21H17Cl2NO3/c22-19-7-2-1-5-15(19)13-27-17-6-3-4-14(10-17)12-24-16-8-9-18(21(25)26)20(23)11-16/h1-11,24H,12-13H2,(H,25,26). The number of aromatic carboxylic acids is 1. The summed E-state index contributed by atoms with van der Waals surface area (Å²) < 4.78 is 5.83. The Bertz CT molecular complexity index is 960. The van der Waals surface area contributed by atoms with Gasteiger partial charge in [0.1, 0.15) is 12.4 Å². The van der Waals surface area contributed by atoms with Crippen LogP contribution < -0.4 is 10.1 Å². The number of nitrogens with one attached hydrogen (secondary N) is 1. The van der Waals surface area contributed by atoms with E-state index < -0.39 is 5.97 Å². The van der Waals surface area contributed by atoms with Gasteiger partial charge in [-0.1, -0.05) is 53.5 Å². The molecule has 27 heavy (non-hydrogen) atoms. The summed E-state index contributed by atoms with van der Waals surface area (Å²) in [4.78, 5) is 11.0. The van der Waals surface area contributed by atoms with Crippen LogP contribution in [0.25, 0.3) is 0 Å². The molecule has 2 N–H and O–H groups in total. The average Bonchev–Trinajstić information content (AvgIpc) is 2.66. The van der Waals surface area contributed by atoms with Crippen molar-refractivity contribution in [3.8, 4) is 5.75 Å². The highest BCUT2D eigenvalue weighted by molar-refractivity contribution is 6.33. The zero-order valence-corrected chi connectivity index (χ0v) is 15.8. The van der Waals surface area contributed by atoms with E-state index in [9.17, 15) is 4.79 Å². The third kappa shape index (κ3) is 5.16. The maximum Gasteiger partial charge on any atom is 0.337 e. The summed E-state index contributed by atoms with van der Waals surface area (Å²) in [7, 11) is 0. The fourth-order valence-corrected chi connectivity index (χ4v) is 2.98. The molecule has 0 saturated heterocycles. The number of ether oxygens (including phenoxy) is 1. The van der Waals surface area contributed by atoms with E-state index in [1.165, 1.54) is 6.07 Å². The monoisotopic (exact) mass is 401 g/mol. The van der Waals surface area contributed by atoms with Crippen LogP contribution in [0.5, 0.6) is 5.75 Å². The maximum atomic E-state index is 11.0. The first-order valence-electron chi connectivity index (χ1n) is 8.25. The van der Waals surface area contributed by atoms with Gasteiger partial charge in [0.15, 0.2) is 0 Å². The van der Waals surface area contributed by atoms with Gasteiger partial charge >= 0.3 is 5.97 Å². The van der Waals surface area contributed by atoms with Crippen molar-refractivity contribution in [2.24, 2.45) is 0 Å². The van der Waals surface area contributed by atoms with Crippen molar-refractivity contribution in [3.05, 3.63) is 93.5 Å². The van der Waals surface area contributed by atoms with Crippen LogP contribution in [0.3, 0.4) is 0 Å². The Kier molecular flexibility index (Phi) is 6.22. The van der Waals surface area contributed by atoms with Crippen LogP contribution in [0.2, 0.25) is 10.0 Å². The second-order valence-corrected chi connectivity index (χ2v) is 6.70. The van der Waals surface area contributed by atoms with Gasteiger partial charge in [-0.25, -0.2) is 4.79 Å². The van der Waals surface area contributed by atoms with Gasteiger partial charge in [-0.2, -0.15) is 0 Å². The third-order valence-electron chi connectivity index (χ3n) is 3.95. The molecule has 0 aromatic heterocycles. The zero-order valence-electron chi connectivity index (χ0n) is 14.3. The number of carboxylic acids is 1. The summed E-state index contributed by atoms with van der Waals surface area (Å²) in [6, 6.07) is 20.1. The molecule has 0 unspecified atom stereocenters. The summed E-state index contributed by atoms with van der Waals surface area (Å²) in [5.41, 5.74) is 2.77. The number of hydrogen-bond donors (Lipinski definition) is 2. The number of rotatable bonds is 7. The number of benzene rings is 3. The molecule has 0 saturated carbocycles. The second kappa shape index (κ2) is 8.80. The Labute approximate surface area is 167 Å². The molecular weight excluding hydrogens is 385 g/mol. The first-order chi connectivity index (χ1) is 13.0. The quantitative estimate of drug-likeness (QED) is 0.518. The molecule has 0 amide bonds. The smallest absolute Gasteiger partial charge is 0.337 e. The average molecular weight is 402 g/mol. The predicted molar refractivity (Wildman–Crippen MR) is 108 cm³/mol. The minimum atomic E-state index is -1.05. The molecule has 0 fully saturated rings. The fourth-order valence-electron chi connectivity index (χ4n) is 2.52. The van der Waals surface area contributed by atoms with E-state index in [1.807, 2.05) is 48.5 Å². The molecule has 3 rings (SSSR count). The zero-order chi connectivity index (χ0) is 19.2. The van der Waals surface area contributed by atoms with Gasteiger partial charge in [0.25, 0.3) is 0 Å². The van der Waals surface area contributed by atoms with Crippen LogP contribution in [-0.4, -0.2) is 11.1 Å². The van der Waals surface area contributed by atoms with E-state index in [2.05, 4.69) is 5.32 Å². The first kappa shape index (κ1) is 19.1. The van der Waals surface area contributed by atoms with Crippen molar-refractivity contribution < 1.29 is 14.6 Å². The van der Waals surface area contributed by atoms with Crippen LogP contribution in [0.4, 0.5) is 5.69 Å². The maximum absolute atomic E-state index is 11.0. The number of halogens is 2. The van der Waals surface area contributed by atoms with Crippen LogP contribution in [0.15, 0.2) is 66.7 Å². The van der Waals surface area contributed by atoms with Crippen LogP contribution >= 0.6 is 23.2 Å². The Balaban J connectivity index is 1.61. The second-order valence-electron chi connectivity index (χ2n) is 5.88. The number of carbonyl (C=O) groups is 1. The van der Waals surface area contributed by atoms with Gasteiger partial charge in [0, 0.05) is 22.8 Å². The van der Waals surface area contributed by atoms with Gasteiger partial charge in [0.05, 0.1) is 10.6 Å². The Hall–Kier alpha value is -2.69. The summed E-state index contributed by atoms with van der Waals surface area (Å²) >= 11 is 12.1. The molecular formula is C21H17Cl2NO3. The normalized spacial score (nSPS) is 10.4. The Morgan fingerprint density at radius 3 is 2.52 bits per heavy atom. The molecule has 0 radical (unpaired) electrons. The van der Waals surface area contributed by atoms with Crippen molar-refractivity contribution in [2.75, 3.05) is 5.32 Å². The van der Waals surface area contributed by atoms with E-state index >= 15 is 0 Å². The van der Waals surface area contributed by atoms with Crippen LogP contribution in [-0.2, 0) is 13.2 Å². The van der Waals surface area contributed by atoms with Gasteiger partial charge in [-0.05, 0) is 42.0 Å². The van der Waals surface area contributed by atoms with E-state index in [4.69, 9.17) is 33.0 Å². The molecule has 0 bridgehead atoms. The summed E-state index contributed by atoms with van der Waals surface area (Å²) in [6.07, 6.45) is 0. The van der Waals surface area contributed by atoms with E-state index in [0.29, 0.717) is 18.2 Å². The van der Waals surface area contributed by atoms with Crippen molar-refractivity contribution in [1.29, 1.82) is 0 Å². The molecule has 0 aliphatic heterocycles. The SMILES string of the molecule is O=C(O)c1ccc(NCc2cccc(OCc3ccccc3Cl)c2)cc1Cl. The Morgan fingerprint density at radius 1 is 0.963 bits per heavy atom. The predicted octanol–water partition coefficient (Wildman–Crippen LogP) is 5.88. The first-order valence-corrected chi connectivity index (χ1v) is 9.00. The number of hydrogen-bond acceptors (Lipinski definition) is 3.